The zero-order valence-corrected chi connectivity index (χ0v) is 23.4. The van der Waals surface area contributed by atoms with E-state index in [1.807, 2.05) is 23.1 Å². The van der Waals surface area contributed by atoms with Crippen LogP contribution in [0.15, 0.2) is 42.6 Å². The predicted molar refractivity (Wildman–Crippen MR) is 133 cm³/mol. The zero-order valence-electron chi connectivity index (χ0n) is 21.4. The Balaban J connectivity index is 0.00000264. The van der Waals surface area contributed by atoms with E-state index in [4.69, 9.17) is 9.47 Å². The van der Waals surface area contributed by atoms with E-state index in [0.29, 0.717) is 66.0 Å². The van der Waals surface area contributed by atoms with Gasteiger partial charge in [-0.15, -0.1) is 0 Å². The fourth-order valence-electron chi connectivity index (χ4n) is 5.66. The molecule has 0 atom stereocenters. The molecule has 1 saturated carbocycles. The smallest absolute Gasteiger partial charge is 0.496 e. The van der Waals surface area contributed by atoms with E-state index in [1.54, 1.807) is 19.2 Å². The number of ether oxygens (including phenoxy) is 2. The average Bonchev–Trinajstić information content (AvgIpc) is 3.43. The van der Waals surface area contributed by atoms with Crippen LogP contribution in [0.3, 0.4) is 0 Å². The second kappa shape index (κ2) is 9.52. The first-order valence-electron chi connectivity index (χ1n) is 12.6. The third kappa shape index (κ3) is 4.20. The number of aromatic nitrogens is 5. The number of hydrogen-bond donors (Lipinski definition) is 0. The van der Waals surface area contributed by atoms with Gasteiger partial charge in [0.05, 0.1) is 24.6 Å². The van der Waals surface area contributed by atoms with Crippen molar-refractivity contribution in [2.24, 2.45) is 0 Å². The maximum absolute atomic E-state index is 13.5. The maximum atomic E-state index is 13.5. The summed E-state index contributed by atoms with van der Waals surface area (Å²) in [6.07, 6.45) is 5.86. The first kappa shape index (κ1) is 25.1. The van der Waals surface area contributed by atoms with E-state index < -0.39 is 5.60 Å². The van der Waals surface area contributed by atoms with Crippen molar-refractivity contribution in [3.05, 3.63) is 53.7 Å². The van der Waals surface area contributed by atoms with Crippen molar-refractivity contribution in [3.8, 4) is 22.9 Å². The zero-order chi connectivity index (χ0) is 25.1. The molecule has 1 aliphatic carbocycles. The number of hydrogen-bond acceptors (Lipinski definition) is 7. The molecule has 11 heteroatoms. The molecule has 2 aromatic heterocycles. The van der Waals surface area contributed by atoms with Gasteiger partial charge in [-0.1, -0.05) is 6.07 Å². The van der Waals surface area contributed by atoms with Gasteiger partial charge in [0.15, 0.2) is 5.78 Å². The van der Waals surface area contributed by atoms with Crippen molar-refractivity contribution in [2.75, 3.05) is 20.2 Å². The minimum absolute atomic E-state index is 0. The quantitative estimate of drug-likeness (QED) is 0.356. The number of rotatable bonds is 4. The number of benzene rings is 2. The Labute approximate surface area is 241 Å². The standard InChI is InChI=1S/C27H25N6O4.Na/c1-36-24-14-17(13-21-19(24)6-9-33(21)18-3-4-18)26(35)32-10-7-27(8-11-32)15-22(34)20-12-16(2-5-23(20)37-27)25-28-30-31-29-25;/h2,5-6,9,12-14,18H,3-4,7-8,10-11,15H2,1H3;/q-1;+1. The molecular weight excluding hydrogens is 495 g/mol. The predicted octanol–water partition coefficient (Wildman–Crippen LogP) is 0.438. The number of methoxy groups -OCH3 is 1. The maximum Gasteiger partial charge on any atom is 1.00 e. The van der Waals surface area contributed by atoms with Gasteiger partial charge in [0.1, 0.15) is 17.1 Å². The second-order valence-electron chi connectivity index (χ2n) is 10.2. The topological polar surface area (TPSA) is 114 Å². The molecule has 2 fully saturated rings. The number of tetrazole rings is 1. The molecule has 1 saturated heterocycles. The molecule has 188 valence electrons. The van der Waals surface area contributed by atoms with E-state index in [0.717, 1.165) is 23.7 Å². The summed E-state index contributed by atoms with van der Waals surface area (Å²) in [5.74, 6) is 1.64. The molecule has 2 aliphatic heterocycles. The largest absolute Gasteiger partial charge is 1.00 e. The summed E-state index contributed by atoms with van der Waals surface area (Å²) in [5, 5.41) is 15.8. The van der Waals surface area contributed by atoms with Crippen molar-refractivity contribution in [1.82, 2.24) is 30.1 Å². The van der Waals surface area contributed by atoms with Gasteiger partial charge < -0.3 is 24.0 Å². The first-order valence-corrected chi connectivity index (χ1v) is 12.6. The molecule has 4 aromatic rings. The summed E-state index contributed by atoms with van der Waals surface area (Å²) in [5.41, 5.74) is 2.25. The summed E-state index contributed by atoms with van der Waals surface area (Å²) >= 11 is 0. The number of carbonyl (C=O) groups excluding carboxylic acids is 2. The Bertz CT molecular complexity index is 1540. The molecule has 0 unspecified atom stereocenters. The van der Waals surface area contributed by atoms with E-state index in [1.165, 1.54) is 0 Å². The molecule has 7 rings (SSSR count). The average molecular weight is 521 g/mol. The Hall–Kier alpha value is -3.21. The van der Waals surface area contributed by atoms with Crippen molar-refractivity contribution < 1.29 is 48.6 Å². The monoisotopic (exact) mass is 520 g/mol. The molecule has 2 aromatic carbocycles. The van der Waals surface area contributed by atoms with Gasteiger partial charge in [0, 0.05) is 54.9 Å². The molecule has 4 heterocycles. The van der Waals surface area contributed by atoms with Crippen LogP contribution in [-0.4, -0.2) is 62.5 Å². The van der Waals surface area contributed by atoms with Crippen LogP contribution in [0.2, 0.25) is 0 Å². The summed E-state index contributed by atoms with van der Waals surface area (Å²) in [7, 11) is 1.64. The molecule has 0 N–H and O–H groups in total. The Morgan fingerprint density at radius 1 is 1.16 bits per heavy atom. The van der Waals surface area contributed by atoms with Crippen molar-refractivity contribution in [2.45, 2.75) is 43.7 Å². The molecule has 1 spiro atoms. The van der Waals surface area contributed by atoms with Gasteiger partial charge in [-0.05, 0) is 48.7 Å². The summed E-state index contributed by atoms with van der Waals surface area (Å²) in [4.78, 5) is 28.5. The number of ketones is 1. The van der Waals surface area contributed by atoms with Crippen LogP contribution in [0.4, 0.5) is 0 Å². The van der Waals surface area contributed by atoms with Gasteiger partial charge >= 0.3 is 29.6 Å². The van der Waals surface area contributed by atoms with Gasteiger partial charge in [0.25, 0.3) is 5.91 Å². The molecule has 1 amide bonds. The van der Waals surface area contributed by atoms with E-state index in [9.17, 15) is 9.59 Å². The molecular formula is C27H25N6NaO4. The number of fused-ring (bicyclic) bond motifs is 2. The van der Waals surface area contributed by atoms with E-state index in [2.05, 4.69) is 37.5 Å². The minimum atomic E-state index is -0.607. The fourth-order valence-corrected chi connectivity index (χ4v) is 5.66. The Morgan fingerprint density at radius 2 is 1.97 bits per heavy atom. The minimum Gasteiger partial charge on any atom is -0.496 e. The molecule has 3 aliphatic rings. The molecule has 0 radical (unpaired) electrons. The third-order valence-corrected chi connectivity index (χ3v) is 7.84. The van der Waals surface area contributed by atoms with E-state index in [-0.39, 0.29) is 47.7 Å². The van der Waals surface area contributed by atoms with Gasteiger partial charge in [-0.25, -0.2) is 0 Å². The third-order valence-electron chi connectivity index (χ3n) is 7.84. The number of likely N-dealkylation sites (tertiary alicyclic amines) is 1. The van der Waals surface area contributed by atoms with Crippen LogP contribution in [0.25, 0.3) is 22.3 Å². The number of Topliss-reactive ketones (excluding diaryl/α,β-unsaturated/α-hetero) is 1. The Morgan fingerprint density at radius 3 is 2.68 bits per heavy atom. The van der Waals surface area contributed by atoms with Crippen LogP contribution in [0.1, 0.15) is 58.9 Å². The van der Waals surface area contributed by atoms with Crippen LogP contribution < -0.4 is 44.1 Å². The number of carbonyl (C=O) groups is 2. The molecule has 38 heavy (non-hydrogen) atoms. The Kier molecular flexibility index (Phi) is 6.28. The SMILES string of the molecule is COc1cc(C(=O)N2CCC3(CC2)CC(=O)c2cc(-c4nnn[n-]4)ccc2O3)cc2c1ccn2C1CC1.[Na+]. The molecule has 0 bridgehead atoms. The number of amides is 1. The van der Waals surface area contributed by atoms with Crippen LogP contribution in [-0.2, 0) is 0 Å². The fraction of sp³-hybridized carbons (Fsp3) is 0.370. The normalized spacial score (nSPS) is 18.1. The van der Waals surface area contributed by atoms with Crippen molar-refractivity contribution in [1.29, 1.82) is 0 Å². The van der Waals surface area contributed by atoms with Crippen LogP contribution in [0, 0.1) is 0 Å². The van der Waals surface area contributed by atoms with Crippen LogP contribution in [0.5, 0.6) is 11.5 Å². The van der Waals surface area contributed by atoms with Gasteiger partial charge in [-0.3, -0.25) is 19.9 Å². The summed E-state index contributed by atoms with van der Waals surface area (Å²) in [6.45, 7) is 1.03. The number of nitrogens with zero attached hydrogens (tertiary/aromatic N) is 6. The first-order chi connectivity index (χ1) is 18.0. The van der Waals surface area contributed by atoms with Crippen molar-refractivity contribution >= 4 is 22.6 Å². The van der Waals surface area contributed by atoms with Gasteiger partial charge in [0.2, 0.25) is 0 Å². The molecule has 10 nitrogen and oxygen atoms in total. The number of piperidine rings is 1. The van der Waals surface area contributed by atoms with Crippen LogP contribution >= 0.6 is 0 Å². The van der Waals surface area contributed by atoms with E-state index >= 15 is 0 Å². The summed E-state index contributed by atoms with van der Waals surface area (Å²) < 4.78 is 14.3. The van der Waals surface area contributed by atoms with Gasteiger partial charge in [-0.2, -0.15) is 5.21 Å². The summed E-state index contributed by atoms with van der Waals surface area (Å²) in [6, 6.07) is 11.7. The van der Waals surface area contributed by atoms with Crippen molar-refractivity contribution in [3.63, 3.8) is 0 Å². The second-order valence-corrected chi connectivity index (χ2v) is 10.2.